The van der Waals surface area contributed by atoms with Crippen molar-refractivity contribution in [1.29, 1.82) is 0 Å². The monoisotopic (exact) mass is 468 g/mol. The van der Waals surface area contributed by atoms with Gasteiger partial charge in [-0.05, 0) is 44.0 Å². The van der Waals surface area contributed by atoms with E-state index >= 15 is 0 Å². The molecule has 0 radical (unpaired) electrons. The maximum absolute atomic E-state index is 11.7. The number of benzene rings is 1. The van der Waals surface area contributed by atoms with E-state index < -0.39 is 0 Å². The molecule has 8 heteroatoms. The molecule has 0 saturated carbocycles. The molecule has 1 N–H and O–H groups in total. The molecular formula is C11H7Br3N2O2S. The summed E-state index contributed by atoms with van der Waals surface area (Å²) in [4.78, 5) is 15.6. The van der Waals surface area contributed by atoms with Crippen molar-refractivity contribution < 1.29 is 9.53 Å². The molecule has 1 aromatic carbocycles. The van der Waals surface area contributed by atoms with Gasteiger partial charge >= 0.3 is 0 Å². The number of amides is 1. The van der Waals surface area contributed by atoms with Crippen molar-refractivity contribution >= 4 is 70.2 Å². The van der Waals surface area contributed by atoms with E-state index in [1.165, 1.54) is 11.3 Å². The number of rotatable bonds is 4. The number of anilines is 1. The summed E-state index contributed by atoms with van der Waals surface area (Å²) in [5.41, 5.74) is 0. The number of nitrogens with one attached hydrogen (secondary N) is 1. The number of halogens is 3. The Bertz CT molecular complexity index is 567. The van der Waals surface area contributed by atoms with Crippen molar-refractivity contribution in [3.8, 4) is 5.75 Å². The van der Waals surface area contributed by atoms with Crippen LogP contribution >= 0.6 is 59.1 Å². The lowest BCUT2D eigenvalue weighted by Crippen LogP contribution is -2.20. The number of thiazole rings is 1. The van der Waals surface area contributed by atoms with E-state index in [4.69, 9.17) is 4.74 Å². The van der Waals surface area contributed by atoms with Gasteiger partial charge in [0, 0.05) is 16.0 Å². The average molecular weight is 471 g/mol. The summed E-state index contributed by atoms with van der Waals surface area (Å²) in [6.45, 7) is -0.0849. The Labute approximate surface area is 139 Å². The number of carbonyl (C=O) groups excluding carboxylic acids is 1. The molecule has 0 aliphatic rings. The van der Waals surface area contributed by atoms with E-state index in [9.17, 15) is 4.79 Å². The molecule has 2 rings (SSSR count). The molecule has 4 nitrogen and oxygen atoms in total. The molecular weight excluding hydrogens is 464 g/mol. The van der Waals surface area contributed by atoms with Gasteiger partial charge in [0.1, 0.15) is 5.75 Å². The number of hydrogen-bond donors (Lipinski definition) is 1. The smallest absolute Gasteiger partial charge is 0.264 e. The molecule has 1 heterocycles. The minimum Gasteiger partial charge on any atom is -0.481 e. The Morgan fingerprint density at radius 2 is 2.00 bits per heavy atom. The lowest BCUT2D eigenvalue weighted by molar-refractivity contribution is -0.118. The van der Waals surface area contributed by atoms with Gasteiger partial charge in [0.2, 0.25) is 0 Å². The van der Waals surface area contributed by atoms with Gasteiger partial charge in [0.05, 0.1) is 8.95 Å². The summed E-state index contributed by atoms with van der Waals surface area (Å²) in [6, 6.07) is 3.69. The molecule has 100 valence electrons. The van der Waals surface area contributed by atoms with E-state index in [1.54, 1.807) is 11.6 Å². The Balaban J connectivity index is 1.97. The largest absolute Gasteiger partial charge is 0.481 e. The molecule has 0 unspecified atom stereocenters. The van der Waals surface area contributed by atoms with Crippen LogP contribution in [0.4, 0.5) is 5.13 Å². The first kappa shape index (κ1) is 15.0. The van der Waals surface area contributed by atoms with E-state index in [1.807, 2.05) is 12.1 Å². The zero-order valence-electron chi connectivity index (χ0n) is 9.32. The molecule has 1 aromatic heterocycles. The van der Waals surface area contributed by atoms with Crippen molar-refractivity contribution in [1.82, 2.24) is 4.98 Å². The molecule has 0 spiro atoms. The number of ether oxygens (including phenoxy) is 1. The third-order valence-electron chi connectivity index (χ3n) is 1.99. The second-order valence-corrected chi connectivity index (χ2v) is 6.89. The van der Waals surface area contributed by atoms with E-state index in [0.717, 1.165) is 13.4 Å². The zero-order valence-corrected chi connectivity index (χ0v) is 14.9. The number of hydrogen-bond acceptors (Lipinski definition) is 4. The van der Waals surface area contributed by atoms with Gasteiger partial charge in [-0.2, -0.15) is 0 Å². The van der Waals surface area contributed by atoms with Crippen molar-refractivity contribution in [2.24, 2.45) is 0 Å². The summed E-state index contributed by atoms with van der Waals surface area (Å²) in [5.74, 6) is 0.328. The van der Waals surface area contributed by atoms with Gasteiger partial charge in [0.15, 0.2) is 11.7 Å². The van der Waals surface area contributed by atoms with Crippen molar-refractivity contribution in [3.63, 3.8) is 0 Å². The van der Waals surface area contributed by atoms with Gasteiger partial charge in [-0.3, -0.25) is 10.1 Å². The first-order valence-corrected chi connectivity index (χ1v) is 8.29. The first-order chi connectivity index (χ1) is 9.06. The average Bonchev–Trinajstić information content (AvgIpc) is 2.80. The Morgan fingerprint density at radius 1 is 1.32 bits per heavy atom. The van der Waals surface area contributed by atoms with Crippen LogP contribution in [0.25, 0.3) is 0 Å². The standard InChI is InChI=1S/C11H7Br3N2O2S/c12-6-3-7(13)10(8(14)4-6)18-5-9(17)16-11-15-1-2-19-11/h1-4H,5H2,(H,15,16,17). The van der Waals surface area contributed by atoms with Crippen molar-refractivity contribution in [2.45, 2.75) is 0 Å². The highest BCUT2D eigenvalue weighted by Crippen LogP contribution is 2.36. The van der Waals surface area contributed by atoms with E-state index in [0.29, 0.717) is 10.9 Å². The number of nitrogens with zero attached hydrogens (tertiary/aromatic N) is 1. The summed E-state index contributed by atoms with van der Waals surface area (Å²) in [7, 11) is 0. The fraction of sp³-hybridized carbons (Fsp3) is 0.0909. The molecule has 0 aliphatic carbocycles. The fourth-order valence-electron chi connectivity index (χ4n) is 1.25. The maximum atomic E-state index is 11.7. The van der Waals surface area contributed by atoms with Crippen LogP contribution in [0, 0.1) is 0 Å². The van der Waals surface area contributed by atoms with Crippen LogP contribution in [0.2, 0.25) is 0 Å². The van der Waals surface area contributed by atoms with Crippen LogP contribution in [0.5, 0.6) is 5.75 Å². The van der Waals surface area contributed by atoms with E-state index in [2.05, 4.69) is 58.1 Å². The minimum atomic E-state index is -0.253. The molecule has 0 saturated heterocycles. The van der Waals surface area contributed by atoms with Crippen LogP contribution in [0.15, 0.2) is 37.1 Å². The van der Waals surface area contributed by atoms with Gasteiger partial charge < -0.3 is 4.74 Å². The van der Waals surface area contributed by atoms with Gasteiger partial charge in [-0.1, -0.05) is 15.9 Å². The zero-order chi connectivity index (χ0) is 13.8. The van der Waals surface area contributed by atoms with Crippen LogP contribution in [-0.2, 0) is 4.79 Å². The third-order valence-corrected chi connectivity index (χ3v) is 4.31. The predicted molar refractivity (Wildman–Crippen MR) is 85.8 cm³/mol. The Hall–Kier alpha value is -0.440. The highest BCUT2D eigenvalue weighted by Gasteiger charge is 2.11. The van der Waals surface area contributed by atoms with Crippen LogP contribution in [0.1, 0.15) is 0 Å². The maximum Gasteiger partial charge on any atom is 0.264 e. The lowest BCUT2D eigenvalue weighted by Gasteiger charge is -2.10. The second-order valence-electron chi connectivity index (χ2n) is 3.37. The molecule has 0 aliphatic heterocycles. The third kappa shape index (κ3) is 4.27. The normalized spacial score (nSPS) is 10.3. The SMILES string of the molecule is O=C(COc1c(Br)cc(Br)cc1Br)Nc1nccs1. The lowest BCUT2D eigenvalue weighted by atomic mass is 10.3. The second kappa shape index (κ2) is 6.83. The van der Waals surface area contributed by atoms with Crippen LogP contribution in [-0.4, -0.2) is 17.5 Å². The molecule has 0 bridgehead atoms. The quantitative estimate of drug-likeness (QED) is 0.718. The molecule has 0 fully saturated rings. The summed E-state index contributed by atoms with van der Waals surface area (Å²) in [6.07, 6.45) is 1.63. The molecule has 1 amide bonds. The number of aromatic nitrogens is 1. The van der Waals surface area contributed by atoms with Crippen molar-refractivity contribution in [3.05, 3.63) is 37.1 Å². The highest BCUT2D eigenvalue weighted by atomic mass is 79.9. The van der Waals surface area contributed by atoms with Crippen LogP contribution < -0.4 is 10.1 Å². The van der Waals surface area contributed by atoms with Crippen LogP contribution in [0.3, 0.4) is 0 Å². The summed E-state index contributed by atoms with van der Waals surface area (Å²) in [5, 5.41) is 4.99. The van der Waals surface area contributed by atoms with Gasteiger partial charge in [-0.15, -0.1) is 11.3 Å². The molecule has 0 atom stereocenters. The molecule has 19 heavy (non-hydrogen) atoms. The van der Waals surface area contributed by atoms with Gasteiger partial charge in [0.25, 0.3) is 5.91 Å². The number of carbonyl (C=O) groups is 1. The van der Waals surface area contributed by atoms with Crippen molar-refractivity contribution in [2.75, 3.05) is 11.9 Å². The fourth-order valence-corrected chi connectivity index (χ4v) is 4.28. The van der Waals surface area contributed by atoms with E-state index in [-0.39, 0.29) is 12.5 Å². The summed E-state index contributed by atoms with van der Waals surface area (Å²) >= 11 is 11.5. The first-order valence-electron chi connectivity index (χ1n) is 5.03. The predicted octanol–water partition coefficient (Wildman–Crippen LogP) is 4.45. The van der Waals surface area contributed by atoms with Gasteiger partial charge in [-0.25, -0.2) is 4.98 Å². The topological polar surface area (TPSA) is 51.2 Å². The Morgan fingerprint density at radius 3 is 2.58 bits per heavy atom. The summed E-state index contributed by atoms with van der Waals surface area (Å²) < 4.78 is 7.91. The Kier molecular flexibility index (Phi) is 5.37. The molecule has 2 aromatic rings. The highest BCUT2D eigenvalue weighted by molar-refractivity contribution is 9.11. The minimum absolute atomic E-state index is 0.0849.